The van der Waals surface area contributed by atoms with Gasteiger partial charge in [-0.1, -0.05) is 11.6 Å². The summed E-state index contributed by atoms with van der Waals surface area (Å²) in [6.45, 7) is 0. The molecule has 1 N–H and O–H groups in total. The summed E-state index contributed by atoms with van der Waals surface area (Å²) in [7, 11) is 1.19. The highest BCUT2D eigenvalue weighted by atomic mass is 35.5. The van der Waals surface area contributed by atoms with Gasteiger partial charge in [0.1, 0.15) is 5.69 Å². The van der Waals surface area contributed by atoms with Crippen molar-refractivity contribution < 1.29 is 22.7 Å². The van der Waals surface area contributed by atoms with Gasteiger partial charge in [-0.25, -0.2) is 0 Å². The molecule has 0 saturated carbocycles. The van der Waals surface area contributed by atoms with Crippen molar-refractivity contribution in [3.8, 4) is 0 Å². The molecule has 2 aromatic rings. The molecule has 20 heavy (non-hydrogen) atoms. The van der Waals surface area contributed by atoms with Crippen LogP contribution in [0, 0.1) is 0 Å². The van der Waals surface area contributed by atoms with Gasteiger partial charge in [-0.3, -0.25) is 4.79 Å². The average molecular weight is 306 g/mol. The number of esters is 1. The third-order valence-electron chi connectivity index (χ3n) is 2.96. The molecule has 108 valence electrons. The molecule has 0 aliphatic heterocycles. The second-order valence-electron chi connectivity index (χ2n) is 4.24. The van der Waals surface area contributed by atoms with Crippen LogP contribution >= 0.6 is 11.6 Å². The van der Waals surface area contributed by atoms with E-state index in [2.05, 4.69) is 9.72 Å². The van der Waals surface area contributed by atoms with Gasteiger partial charge < -0.3 is 9.72 Å². The van der Waals surface area contributed by atoms with Crippen LogP contribution < -0.4 is 0 Å². The molecular formula is C13H11ClF3NO2. The fraction of sp³-hybridized carbons (Fsp3) is 0.308. The first kappa shape index (κ1) is 14.7. The predicted molar refractivity (Wildman–Crippen MR) is 68.6 cm³/mol. The van der Waals surface area contributed by atoms with Crippen LogP contribution in [0.2, 0.25) is 5.02 Å². The van der Waals surface area contributed by atoms with E-state index in [-0.39, 0.29) is 18.4 Å². The lowest BCUT2D eigenvalue weighted by molar-refractivity contribution is -0.143. The topological polar surface area (TPSA) is 42.1 Å². The number of aromatic nitrogens is 1. The number of aryl methyl sites for hydroxylation is 1. The summed E-state index contributed by atoms with van der Waals surface area (Å²) in [5, 5.41) is 0.707. The summed E-state index contributed by atoms with van der Waals surface area (Å²) in [6.07, 6.45) is -4.71. The first-order chi connectivity index (χ1) is 9.32. The van der Waals surface area contributed by atoms with E-state index in [0.717, 1.165) is 0 Å². The summed E-state index contributed by atoms with van der Waals surface area (Å²) < 4.78 is 43.5. The second kappa shape index (κ2) is 5.36. The molecule has 0 bridgehead atoms. The number of hydrogen-bond donors (Lipinski definition) is 1. The van der Waals surface area contributed by atoms with Crippen LogP contribution in [-0.2, 0) is 22.1 Å². The largest absolute Gasteiger partial charge is 0.469 e. The molecule has 1 aromatic heterocycles. The Balaban J connectivity index is 2.51. The summed E-state index contributed by atoms with van der Waals surface area (Å²) in [4.78, 5) is 13.5. The number of fused-ring (bicyclic) bond motifs is 1. The SMILES string of the molecule is COC(=O)CCc1c(C(F)(F)F)[nH]c2ccc(Cl)cc12. The van der Waals surface area contributed by atoms with Gasteiger partial charge in [0.2, 0.25) is 0 Å². The van der Waals surface area contributed by atoms with Crippen LogP contribution in [0.25, 0.3) is 10.9 Å². The van der Waals surface area contributed by atoms with E-state index in [1.54, 1.807) is 0 Å². The Labute approximate surface area is 117 Å². The second-order valence-corrected chi connectivity index (χ2v) is 4.68. The first-order valence-electron chi connectivity index (χ1n) is 5.77. The summed E-state index contributed by atoms with van der Waals surface area (Å²) in [5.41, 5.74) is -0.485. The lowest BCUT2D eigenvalue weighted by atomic mass is 10.1. The fourth-order valence-corrected chi connectivity index (χ4v) is 2.22. The number of rotatable bonds is 3. The molecule has 0 atom stereocenters. The first-order valence-corrected chi connectivity index (χ1v) is 6.15. The fourth-order valence-electron chi connectivity index (χ4n) is 2.05. The van der Waals surface area contributed by atoms with Crippen molar-refractivity contribution >= 4 is 28.5 Å². The Bertz CT molecular complexity index is 649. The van der Waals surface area contributed by atoms with Gasteiger partial charge in [0, 0.05) is 22.3 Å². The number of aromatic amines is 1. The number of benzene rings is 1. The number of carbonyl (C=O) groups is 1. The van der Waals surface area contributed by atoms with E-state index in [0.29, 0.717) is 15.9 Å². The van der Waals surface area contributed by atoms with E-state index >= 15 is 0 Å². The van der Waals surface area contributed by atoms with Gasteiger partial charge in [-0.2, -0.15) is 13.2 Å². The van der Waals surface area contributed by atoms with Gasteiger partial charge in [-0.05, 0) is 30.2 Å². The number of H-pyrrole nitrogens is 1. The van der Waals surface area contributed by atoms with Crippen molar-refractivity contribution in [1.82, 2.24) is 4.98 Å². The quantitative estimate of drug-likeness (QED) is 0.873. The number of methoxy groups -OCH3 is 1. The molecule has 0 spiro atoms. The third-order valence-corrected chi connectivity index (χ3v) is 3.19. The van der Waals surface area contributed by atoms with Crippen LogP contribution in [0.5, 0.6) is 0 Å². The molecule has 0 aliphatic rings. The number of alkyl halides is 3. The van der Waals surface area contributed by atoms with Crippen molar-refractivity contribution in [3.63, 3.8) is 0 Å². The van der Waals surface area contributed by atoms with E-state index in [9.17, 15) is 18.0 Å². The molecule has 2 rings (SSSR count). The molecule has 0 saturated heterocycles. The van der Waals surface area contributed by atoms with E-state index < -0.39 is 17.8 Å². The maximum absolute atomic E-state index is 13.0. The Morgan fingerprint density at radius 3 is 2.70 bits per heavy atom. The van der Waals surface area contributed by atoms with Gasteiger partial charge in [0.25, 0.3) is 0 Å². The standard InChI is InChI=1S/C13H11ClF3NO2/c1-20-11(19)5-3-8-9-6-7(14)2-4-10(9)18-12(8)13(15,16)17/h2,4,6,18H,3,5H2,1H3. The molecule has 0 aliphatic carbocycles. The molecule has 7 heteroatoms. The Hall–Kier alpha value is -1.69. The predicted octanol–water partition coefficient (Wildman–Crippen LogP) is 3.95. The lowest BCUT2D eigenvalue weighted by Gasteiger charge is -2.07. The van der Waals surface area contributed by atoms with Crippen molar-refractivity contribution in [2.75, 3.05) is 7.11 Å². The van der Waals surface area contributed by atoms with Gasteiger partial charge in [0.15, 0.2) is 0 Å². The molecule has 1 aromatic carbocycles. The van der Waals surface area contributed by atoms with Crippen molar-refractivity contribution in [2.45, 2.75) is 19.0 Å². The van der Waals surface area contributed by atoms with Crippen LogP contribution in [0.4, 0.5) is 13.2 Å². The zero-order valence-electron chi connectivity index (χ0n) is 10.5. The molecule has 3 nitrogen and oxygen atoms in total. The van der Waals surface area contributed by atoms with Gasteiger partial charge in [-0.15, -0.1) is 0 Å². The molecule has 0 radical (unpaired) electrons. The van der Waals surface area contributed by atoms with Crippen LogP contribution in [0.3, 0.4) is 0 Å². The number of carbonyl (C=O) groups excluding carboxylic acids is 1. The van der Waals surface area contributed by atoms with Crippen LogP contribution in [0.1, 0.15) is 17.7 Å². The van der Waals surface area contributed by atoms with Gasteiger partial charge in [0.05, 0.1) is 7.11 Å². The minimum atomic E-state index is -4.52. The zero-order chi connectivity index (χ0) is 14.9. The van der Waals surface area contributed by atoms with Crippen molar-refractivity contribution in [3.05, 3.63) is 34.5 Å². The Kier molecular flexibility index (Phi) is 3.94. The zero-order valence-corrected chi connectivity index (χ0v) is 11.2. The highest BCUT2D eigenvalue weighted by Gasteiger charge is 2.36. The molecule has 0 unspecified atom stereocenters. The van der Waals surface area contributed by atoms with Crippen molar-refractivity contribution in [1.29, 1.82) is 0 Å². The Morgan fingerprint density at radius 2 is 2.10 bits per heavy atom. The molecule has 1 heterocycles. The maximum atomic E-state index is 13.0. The Morgan fingerprint density at radius 1 is 1.40 bits per heavy atom. The summed E-state index contributed by atoms with van der Waals surface area (Å²) in [5.74, 6) is -0.561. The number of ether oxygens (including phenoxy) is 1. The molecular weight excluding hydrogens is 295 g/mol. The molecule has 0 fully saturated rings. The average Bonchev–Trinajstić information content (AvgIpc) is 2.73. The highest BCUT2D eigenvalue weighted by Crippen LogP contribution is 2.36. The summed E-state index contributed by atoms with van der Waals surface area (Å²) >= 11 is 5.82. The number of nitrogens with one attached hydrogen (secondary N) is 1. The normalized spacial score (nSPS) is 11.8. The monoisotopic (exact) mass is 305 g/mol. The minimum absolute atomic E-state index is 0.0281. The van der Waals surface area contributed by atoms with E-state index in [1.165, 1.54) is 25.3 Å². The van der Waals surface area contributed by atoms with E-state index in [4.69, 9.17) is 11.6 Å². The minimum Gasteiger partial charge on any atom is -0.469 e. The lowest BCUT2D eigenvalue weighted by Crippen LogP contribution is -2.10. The maximum Gasteiger partial charge on any atom is 0.431 e. The summed E-state index contributed by atoms with van der Waals surface area (Å²) in [6, 6.07) is 4.44. The number of hydrogen-bond acceptors (Lipinski definition) is 2. The third kappa shape index (κ3) is 2.90. The van der Waals surface area contributed by atoms with Crippen LogP contribution in [0.15, 0.2) is 18.2 Å². The highest BCUT2D eigenvalue weighted by molar-refractivity contribution is 6.31. The van der Waals surface area contributed by atoms with E-state index in [1.807, 2.05) is 0 Å². The van der Waals surface area contributed by atoms with Crippen LogP contribution in [-0.4, -0.2) is 18.1 Å². The van der Waals surface area contributed by atoms with Gasteiger partial charge >= 0.3 is 12.1 Å². The van der Waals surface area contributed by atoms with Crippen molar-refractivity contribution in [2.24, 2.45) is 0 Å². The number of halogens is 4. The molecule has 0 amide bonds. The smallest absolute Gasteiger partial charge is 0.431 e.